The number of aliphatic hydroxyl groups is 13. The molecule has 22 nitrogen and oxygen atoms in total. The first-order chi connectivity index (χ1) is 24.6. The molecule has 23 heteroatoms. The van der Waals surface area contributed by atoms with E-state index in [0.29, 0.717) is 0 Å². The van der Waals surface area contributed by atoms with E-state index in [1.807, 2.05) is 0 Å². The Morgan fingerprint density at radius 1 is 0.792 bits per heavy atom. The second-order valence-electron chi connectivity index (χ2n) is 13.8. The minimum absolute atomic E-state index is 0.0225. The Morgan fingerprint density at radius 3 is 1.75 bits per heavy atom. The highest BCUT2D eigenvalue weighted by molar-refractivity contribution is 7.81. The normalized spacial score (nSPS) is 45.8. The molecule has 20 atom stereocenters. The second kappa shape index (κ2) is 19.3. The summed E-state index contributed by atoms with van der Waals surface area (Å²) in [6, 6.07) is -3.07. The molecular formula is C30H54N2O20S. The van der Waals surface area contributed by atoms with E-state index in [9.17, 15) is 71.2 Å². The Morgan fingerprint density at radius 2 is 1.28 bits per heavy atom. The van der Waals surface area contributed by atoms with Crippen molar-refractivity contribution in [2.45, 2.75) is 148 Å². The standard InChI is InChI=1S/C25H43NO18.C5H11NO2S/c1-6-11(26-8-2-7(3-27)12(30)15(33)13(8)31)14(32)19(37)24(40-6)43-22-10(5-29)42-25(20(38)17(22)35)44-21-9(4-28)41-23(39)18(36)16(21)34;1-5(2,9)3(6)4(7)8/h2,6,8-39H,3-5H2,1H3;3,9H,6H2,1-2H3,(H,7,8)/t6-,8+,9-,10-,11-,12-,13+,14+,15+,16-,17-,18-,19-,20-,21-,22-,23-,24-,25-;3-/m10/s1. The van der Waals surface area contributed by atoms with Crippen molar-refractivity contribution in [3.63, 3.8) is 0 Å². The fourth-order valence-electron chi connectivity index (χ4n) is 6.12. The Balaban J connectivity index is 0.000000743. The Labute approximate surface area is 309 Å². The number of aliphatic hydroxyl groups excluding tert-OH is 13. The summed E-state index contributed by atoms with van der Waals surface area (Å²) in [5.41, 5.74) is 5.24. The highest BCUT2D eigenvalue weighted by Gasteiger charge is 2.53. The van der Waals surface area contributed by atoms with Crippen LogP contribution < -0.4 is 11.1 Å². The van der Waals surface area contributed by atoms with Crippen LogP contribution in [0.4, 0.5) is 0 Å². The SMILES string of the molecule is CC(C)(S)[C@@H](N)C(=O)O.C[C@H]1O[C@H](O[C@H]2[C@H](O)[C@@H](O)[C@@H](O[C@H]3[C@H](O)[C@@H](O)[C@H](O)O[C@@H]3CO)O[C@@H]2CO)[C@H](O)[C@@H](O)[C@@H]1N[C@H]1C=C(CO)[C@@H](O)[C@H](O)[C@H]1O. The number of nitrogens with two attached hydrogens (primary N) is 1. The molecule has 0 spiro atoms. The molecule has 53 heavy (non-hydrogen) atoms. The summed E-state index contributed by atoms with van der Waals surface area (Å²) in [6.45, 7) is 2.57. The van der Waals surface area contributed by atoms with Crippen molar-refractivity contribution < 1.29 is 100.0 Å². The highest BCUT2D eigenvalue weighted by atomic mass is 32.1. The molecule has 310 valence electrons. The Hall–Kier alpha value is -1.24. The lowest BCUT2D eigenvalue weighted by molar-refractivity contribution is -0.373. The van der Waals surface area contributed by atoms with Crippen LogP contribution in [-0.2, 0) is 28.5 Å². The maximum absolute atomic E-state index is 10.9. The fourth-order valence-corrected chi connectivity index (χ4v) is 6.23. The maximum atomic E-state index is 10.9. The summed E-state index contributed by atoms with van der Waals surface area (Å²) >= 11 is 3.98. The molecule has 0 amide bonds. The first kappa shape index (κ1) is 46.1. The summed E-state index contributed by atoms with van der Waals surface area (Å²) in [7, 11) is 0. The molecule has 4 rings (SSSR count). The number of rotatable bonds is 11. The monoisotopic (exact) mass is 794 g/mol. The molecule has 0 bridgehead atoms. The van der Waals surface area contributed by atoms with Crippen LogP contribution in [0.5, 0.6) is 0 Å². The van der Waals surface area contributed by atoms with Gasteiger partial charge in [-0.05, 0) is 26.3 Å². The number of thiol groups is 1. The summed E-state index contributed by atoms with van der Waals surface area (Å²) in [5.74, 6) is -1.02. The van der Waals surface area contributed by atoms with E-state index < -0.39 is 153 Å². The Bertz CT molecular complexity index is 1200. The zero-order valence-electron chi connectivity index (χ0n) is 29.0. The van der Waals surface area contributed by atoms with Gasteiger partial charge in [0.2, 0.25) is 0 Å². The fraction of sp³-hybridized carbons (Fsp3) is 0.900. The lowest BCUT2D eigenvalue weighted by atomic mass is 9.86. The van der Waals surface area contributed by atoms with Gasteiger partial charge in [-0.2, -0.15) is 12.6 Å². The van der Waals surface area contributed by atoms with Crippen molar-refractivity contribution in [2.75, 3.05) is 19.8 Å². The van der Waals surface area contributed by atoms with Crippen LogP contribution in [-0.4, -0.2) is 224 Å². The van der Waals surface area contributed by atoms with Crippen LogP contribution in [0.15, 0.2) is 11.6 Å². The summed E-state index contributed by atoms with van der Waals surface area (Å²) in [5, 5.41) is 144. The van der Waals surface area contributed by atoms with E-state index >= 15 is 0 Å². The van der Waals surface area contributed by atoms with Gasteiger partial charge in [-0.3, -0.25) is 4.79 Å². The molecular weight excluding hydrogens is 740 g/mol. The molecule has 3 fully saturated rings. The van der Waals surface area contributed by atoms with Crippen LogP contribution in [0.2, 0.25) is 0 Å². The molecule has 0 aromatic carbocycles. The van der Waals surface area contributed by atoms with Crippen molar-refractivity contribution >= 4 is 18.6 Å². The second-order valence-corrected chi connectivity index (χ2v) is 15.0. The third kappa shape index (κ3) is 10.6. The topological polar surface area (TPSA) is 384 Å². The molecule has 3 heterocycles. The number of nitrogens with one attached hydrogen (secondary N) is 1. The molecule has 0 aromatic heterocycles. The average Bonchev–Trinajstić information content (AvgIpc) is 3.11. The van der Waals surface area contributed by atoms with E-state index in [1.165, 1.54) is 13.0 Å². The average molecular weight is 795 g/mol. The number of carboxylic acids is 1. The van der Waals surface area contributed by atoms with Crippen LogP contribution in [0.25, 0.3) is 0 Å². The molecule has 0 aromatic rings. The third-order valence-electron chi connectivity index (χ3n) is 9.50. The van der Waals surface area contributed by atoms with Crippen molar-refractivity contribution in [1.82, 2.24) is 5.32 Å². The predicted octanol–water partition coefficient (Wildman–Crippen LogP) is -8.46. The summed E-state index contributed by atoms with van der Waals surface area (Å²) in [6.07, 6.45) is -26.6. The first-order valence-corrected chi connectivity index (χ1v) is 17.1. The molecule has 0 unspecified atom stereocenters. The van der Waals surface area contributed by atoms with Gasteiger partial charge in [-0.15, -0.1) is 0 Å². The number of aliphatic carboxylic acids is 1. The molecule has 4 aliphatic rings. The largest absolute Gasteiger partial charge is 0.480 e. The van der Waals surface area contributed by atoms with E-state index in [2.05, 4.69) is 17.9 Å². The van der Waals surface area contributed by atoms with Crippen LogP contribution in [0.1, 0.15) is 20.8 Å². The quantitative estimate of drug-likeness (QED) is 0.0682. The molecule has 3 aliphatic heterocycles. The van der Waals surface area contributed by atoms with Gasteiger partial charge in [0.25, 0.3) is 0 Å². The van der Waals surface area contributed by atoms with Gasteiger partial charge in [0.15, 0.2) is 18.9 Å². The number of carboxylic acid groups (broad SMARTS) is 1. The smallest absolute Gasteiger partial charge is 0.321 e. The first-order valence-electron chi connectivity index (χ1n) is 16.7. The zero-order valence-corrected chi connectivity index (χ0v) is 29.9. The van der Waals surface area contributed by atoms with Crippen LogP contribution in [0, 0.1) is 0 Å². The van der Waals surface area contributed by atoms with Crippen LogP contribution >= 0.6 is 12.6 Å². The van der Waals surface area contributed by atoms with Gasteiger partial charge in [-0.25, -0.2) is 0 Å². The lowest BCUT2D eigenvalue weighted by Gasteiger charge is -2.48. The molecule has 0 radical (unpaired) electrons. The summed E-state index contributed by atoms with van der Waals surface area (Å²) < 4.78 is 26.7. The summed E-state index contributed by atoms with van der Waals surface area (Å²) in [4.78, 5) is 10.2. The highest BCUT2D eigenvalue weighted by Crippen LogP contribution is 2.33. The van der Waals surface area contributed by atoms with Gasteiger partial charge in [-0.1, -0.05) is 6.08 Å². The number of hydrogen-bond acceptors (Lipinski definition) is 22. The number of ether oxygens (including phenoxy) is 5. The van der Waals surface area contributed by atoms with Gasteiger partial charge < -0.3 is 106 Å². The lowest BCUT2D eigenvalue weighted by Crippen LogP contribution is -2.68. The maximum Gasteiger partial charge on any atom is 0.321 e. The third-order valence-corrected chi connectivity index (χ3v) is 9.78. The van der Waals surface area contributed by atoms with Crippen molar-refractivity contribution in [1.29, 1.82) is 0 Å². The van der Waals surface area contributed by atoms with E-state index in [1.54, 1.807) is 13.8 Å². The van der Waals surface area contributed by atoms with Crippen molar-refractivity contribution in [2.24, 2.45) is 5.73 Å². The minimum atomic E-state index is -1.93. The van der Waals surface area contributed by atoms with Gasteiger partial charge in [0, 0.05) is 4.75 Å². The van der Waals surface area contributed by atoms with E-state index in [0.717, 1.165) is 0 Å². The zero-order chi connectivity index (χ0) is 40.3. The molecule has 0 saturated carbocycles. The molecule has 3 saturated heterocycles. The molecule has 17 N–H and O–H groups in total. The van der Waals surface area contributed by atoms with Crippen molar-refractivity contribution in [3.8, 4) is 0 Å². The van der Waals surface area contributed by atoms with Gasteiger partial charge >= 0.3 is 5.97 Å². The number of carbonyl (C=O) groups is 1. The van der Waals surface area contributed by atoms with Gasteiger partial charge in [0.05, 0.1) is 38.0 Å². The predicted molar refractivity (Wildman–Crippen MR) is 176 cm³/mol. The Kier molecular flexibility index (Phi) is 16.8. The van der Waals surface area contributed by atoms with Gasteiger partial charge in [0.1, 0.15) is 85.4 Å². The number of hydrogen-bond donors (Lipinski definition) is 17. The van der Waals surface area contributed by atoms with Crippen LogP contribution in [0.3, 0.4) is 0 Å². The minimum Gasteiger partial charge on any atom is -0.480 e. The van der Waals surface area contributed by atoms with E-state index in [4.69, 9.17) is 34.5 Å². The van der Waals surface area contributed by atoms with E-state index in [-0.39, 0.29) is 5.57 Å². The van der Waals surface area contributed by atoms with Crippen molar-refractivity contribution in [3.05, 3.63) is 11.6 Å². The molecule has 1 aliphatic carbocycles.